The van der Waals surface area contributed by atoms with E-state index in [1.54, 1.807) is 36.4 Å². The lowest BCUT2D eigenvalue weighted by molar-refractivity contribution is 1.12. The van der Waals surface area contributed by atoms with E-state index >= 15 is 0 Å². The van der Waals surface area contributed by atoms with Gasteiger partial charge in [0.25, 0.3) is 0 Å². The molecule has 0 aliphatic carbocycles. The van der Waals surface area contributed by atoms with Crippen molar-refractivity contribution < 1.29 is 30.2 Å². The highest BCUT2D eigenvalue weighted by Crippen LogP contribution is 2.41. The maximum absolute atomic E-state index is 10.3. The summed E-state index contributed by atoms with van der Waals surface area (Å²) >= 11 is 0. The minimum absolute atomic E-state index is 0.196. The molecule has 0 N–H and O–H groups in total. The van der Waals surface area contributed by atoms with Gasteiger partial charge in [-0.05, 0) is 65.6 Å². The highest BCUT2D eigenvalue weighted by molar-refractivity contribution is 6.16. The molecule has 8 aromatic carbocycles. The van der Waals surface area contributed by atoms with Crippen molar-refractivity contribution in [2.75, 3.05) is 0 Å². The number of fused-ring (bicyclic) bond motifs is 9. The molecule has 3 nitrogen and oxygen atoms in total. The van der Waals surface area contributed by atoms with Crippen LogP contribution < -0.4 is 0 Å². The Morgan fingerprint density at radius 2 is 0.882 bits per heavy atom. The maximum atomic E-state index is 10.3. The van der Waals surface area contributed by atoms with E-state index in [2.05, 4.69) is 0 Å². The fourth-order valence-corrected chi connectivity index (χ4v) is 6.91. The van der Waals surface area contributed by atoms with Gasteiger partial charge in [0.15, 0.2) is 0 Å². The smallest absolute Gasteiger partial charge is 0.0782 e. The van der Waals surface area contributed by atoms with Gasteiger partial charge in [-0.15, -0.1) is 0 Å². The molecule has 0 amide bonds. The summed E-state index contributed by atoms with van der Waals surface area (Å²) in [7, 11) is 0. The summed E-state index contributed by atoms with van der Waals surface area (Å²) in [6.07, 6.45) is 0. The van der Waals surface area contributed by atoms with E-state index < -0.39 is 188 Å². The third-order valence-corrected chi connectivity index (χ3v) is 9.03. The standard InChI is InChI=1S/C48H31N3/c1-2-14-32(15-3-1)33-16-12-17-34(30-33)50-44-25-10-7-21-39(44)41-22-13-27-46(48(41)50)51-45-26-11-6-20-38(45)40-29-28-35(31-47(40)51)49-42-23-8-4-18-36(42)37-19-5-9-24-43(37)49/h1-31H/i4D,5D,6D,7D,8D,9D,10D,11D,13D,18D,19D,20D,21D,22D,23D,24D,25D,26D,27D,28D,29D,31D. The molecule has 0 radical (unpaired) electrons. The molecule has 3 heteroatoms. The highest BCUT2D eigenvalue weighted by Gasteiger charge is 2.21. The first kappa shape index (κ1) is 14.2. The Morgan fingerprint density at radius 3 is 1.55 bits per heavy atom. The molecule has 3 heterocycles. The molecule has 0 saturated heterocycles. The van der Waals surface area contributed by atoms with Crippen LogP contribution in [0.1, 0.15) is 30.2 Å². The minimum Gasteiger partial charge on any atom is -0.309 e. The number of hydrogen-bond acceptors (Lipinski definition) is 0. The number of aromatic nitrogens is 3. The van der Waals surface area contributed by atoms with Gasteiger partial charge >= 0.3 is 0 Å². The Bertz CT molecular complexity index is 4320. The predicted octanol–water partition coefficient (Wildman–Crippen LogP) is 12.6. The normalized spacial score (nSPS) is 18.0. The summed E-state index contributed by atoms with van der Waals surface area (Å²) in [5.74, 6) is 0. The van der Waals surface area contributed by atoms with Gasteiger partial charge in [-0.1, -0.05) is 133 Å². The van der Waals surface area contributed by atoms with Crippen molar-refractivity contribution in [3.63, 3.8) is 0 Å². The zero-order valence-electron chi connectivity index (χ0n) is 48.0. The fourth-order valence-electron chi connectivity index (χ4n) is 6.91. The number of rotatable bonds is 4. The van der Waals surface area contributed by atoms with Crippen LogP contribution in [0.4, 0.5) is 0 Å². The zero-order chi connectivity index (χ0) is 52.6. The summed E-state index contributed by atoms with van der Waals surface area (Å²) in [4.78, 5) is 0. The molecule has 0 spiro atoms. The third kappa shape index (κ3) is 4.06. The Hall–Kier alpha value is -6.84. The zero-order valence-corrected chi connectivity index (χ0v) is 26.0. The molecule has 0 bridgehead atoms. The Labute approximate surface area is 325 Å². The molecular weight excluding hydrogens is 619 g/mol. The van der Waals surface area contributed by atoms with Crippen LogP contribution in [0.15, 0.2) is 188 Å². The number of para-hydroxylation sites is 5. The van der Waals surface area contributed by atoms with Gasteiger partial charge in [0.2, 0.25) is 0 Å². The molecule has 0 saturated carbocycles. The number of nitrogens with zero attached hydrogens (tertiary/aromatic N) is 3. The second-order valence-corrected chi connectivity index (χ2v) is 11.7. The quantitative estimate of drug-likeness (QED) is 0.177. The lowest BCUT2D eigenvalue weighted by Crippen LogP contribution is -2.01. The SMILES string of the molecule is [2H]c1c([2H])c([2H])c2c(c1[2H])c1c([2H])c([2H])c([2H])c(-n3c4c([2H])c([2H])c([2H])c([2H])c4c4c([2H])c([2H])c(-n5c6c([2H])c([2H])c([2H])c([2H])c6c6c([2H])c([2H])c([2H])c([2H])c65)c([2H])c43)c1n2-c1cccc(-c2ccccc2)c1. The lowest BCUT2D eigenvalue weighted by Gasteiger charge is -2.16. The molecular formula is C48H31N3. The van der Waals surface area contributed by atoms with Crippen LogP contribution >= 0.6 is 0 Å². The summed E-state index contributed by atoms with van der Waals surface area (Å²) < 4.78 is 205. The molecule has 11 aromatic rings. The molecule has 11 rings (SSSR count). The molecule has 0 fully saturated rings. The summed E-state index contributed by atoms with van der Waals surface area (Å²) in [6.45, 7) is 0. The molecule has 0 atom stereocenters. The van der Waals surface area contributed by atoms with Crippen molar-refractivity contribution in [3.8, 4) is 28.2 Å². The van der Waals surface area contributed by atoms with Crippen molar-refractivity contribution in [2.24, 2.45) is 0 Å². The first-order chi connectivity index (χ1) is 34.5. The van der Waals surface area contributed by atoms with Crippen LogP contribution in [-0.2, 0) is 0 Å². The maximum Gasteiger partial charge on any atom is 0.0782 e. The van der Waals surface area contributed by atoms with Crippen molar-refractivity contribution in [3.05, 3.63) is 188 Å². The van der Waals surface area contributed by atoms with Gasteiger partial charge in [-0.25, -0.2) is 0 Å². The van der Waals surface area contributed by atoms with Crippen LogP contribution in [0.5, 0.6) is 0 Å². The van der Waals surface area contributed by atoms with Crippen LogP contribution in [-0.4, -0.2) is 13.7 Å². The van der Waals surface area contributed by atoms with Crippen molar-refractivity contribution in [2.45, 2.75) is 0 Å². The van der Waals surface area contributed by atoms with E-state index in [-0.39, 0.29) is 27.5 Å². The summed E-state index contributed by atoms with van der Waals surface area (Å²) in [5, 5.41) is -2.32. The average Bonchev–Trinajstić information content (AvgIpc) is 4.05. The largest absolute Gasteiger partial charge is 0.309 e. The topological polar surface area (TPSA) is 14.8 Å². The molecule has 51 heavy (non-hydrogen) atoms. The first-order valence-corrected chi connectivity index (χ1v) is 15.7. The molecule has 3 aromatic heterocycles. The second kappa shape index (κ2) is 10.8. The highest BCUT2D eigenvalue weighted by atomic mass is 15.1. The van der Waals surface area contributed by atoms with Crippen molar-refractivity contribution in [1.82, 2.24) is 13.7 Å². The molecule has 0 unspecified atom stereocenters. The molecule has 238 valence electrons. The third-order valence-electron chi connectivity index (χ3n) is 9.03. The van der Waals surface area contributed by atoms with Gasteiger partial charge in [0.1, 0.15) is 0 Å². The van der Waals surface area contributed by atoms with Crippen molar-refractivity contribution >= 4 is 65.4 Å². The van der Waals surface area contributed by atoms with Gasteiger partial charge in [0, 0.05) is 43.7 Å². The molecule has 0 aliphatic heterocycles. The van der Waals surface area contributed by atoms with Gasteiger partial charge in [-0.2, -0.15) is 0 Å². The first-order valence-electron chi connectivity index (χ1n) is 26.7. The monoisotopic (exact) mass is 671 g/mol. The van der Waals surface area contributed by atoms with E-state index in [9.17, 15) is 13.7 Å². The van der Waals surface area contributed by atoms with Crippen LogP contribution in [0.25, 0.3) is 93.6 Å². The average molecular weight is 672 g/mol. The van der Waals surface area contributed by atoms with E-state index in [4.69, 9.17) is 16.4 Å². The summed E-state index contributed by atoms with van der Waals surface area (Å²) in [6, 6.07) is -1.21. The summed E-state index contributed by atoms with van der Waals surface area (Å²) in [5.41, 5.74) is -2.29. The Morgan fingerprint density at radius 1 is 0.353 bits per heavy atom. The molecule has 0 aliphatic rings. The van der Waals surface area contributed by atoms with Gasteiger partial charge in [-0.3, -0.25) is 0 Å². The van der Waals surface area contributed by atoms with Crippen LogP contribution in [0, 0.1) is 0 Å². The van der Waals surface area contributed by atoms with Crippen molar-refractivity contribution in [1.29, 1.82) is 0 Å². The minimum atomic E-state index is -0.892. The van der Waals surface area contributed by atoms with Crippen LogP contribution in [0.3, 0.4) is 0 Å². The van der Waals surface area contributed by atoms with E-state index in [1.807, 2.05) is 18.2 Å². The second-order valence-electron chi connectivity index (χ2n) is 11.7. The van der Waals surface area contributed by atoms with E-state index in [0.717, 1.165) is 14.7 Å². The fraction of sp³-hybridized carbons (Fsp3) is 0. The predicted molar refractivity (Wildman–Crippen MR) is 215 cm³/mol. The van der Waals surface area contributed by atoms with E-state index in [1.165, 1.54) is 4.57 Å². The van der Waals surface area contributed by atoms with Crippen LogP contribution in [0.2, 0.25) is 0 Å². The van der Waals surface area contributed by atoms with Gasteiger partial charge < -0.3 is 13.7 Å². The number of benzene rings is 8. The Kier molecular flexibility index (Phi) is 3.01. The number of hydrogen-bond donors (Lipinski definition) is 0. The Balaban J connectivity index is 1.46. The van der Waals surface area contributed by atoms with E-state index in [0.29, 0.717) is 5.56 Å². The lowest BCUT2D eigenvalue weighted by atomic mass is 10.1. The van der Waals surface area contributed by atoms with Gasteiger partial charge in [0.05, 0.1) is 68.9 Å².